The molecular weight excluding hydrogens is 294 g/mol. The van der Waals surface area contributed by atoms with E-state index in [1.54, 1.807) is 7.05 Å². The molecule has 23 heavy (non-hydrogen) atoms. The topological polar surface area (TPSA) is 76.5 Å². The van der Waals surface area contributed by atoms with Crippen LogP contribution >= 0.6 is 0 Å². The highest BCUT2D eigenvalue weighted by atomic mass is 16.2. The van der Waals surface area contributed by atoms with Crippen molar-refractivity contribution in [3.8, 4) is 0 Å². The van der Waals surface area contributed by atoms with E-state index in [1.165, 1.54) is 17.3 Å². The van der Waals surface area contributed by atoms with Crippen LogP contribution in [0.25, 0.3) is 0 Å². The van der Waals surface area contributed by atoms with Gasteiger partial charge < -0.3 is 15.5 Å². The molecule has 7 heteroatoms. The molecule has 122 valence electrons. The molecule has 1 aromatic heterocycles. The molecule has 2 N–H and O–H groups in total. The number of hydrogen-bond donors (Lipinski definition) is 1. The summed E-state index contributed by atoms with van der Waals surface area (Å²) in [6, 6.07) is 10.2. The SMILES string of the molecule is Cn1c(N)c(N2CCN(c3ccccc3)CC2)c(=O)n(C)c1=O. The van der Waals surface area contributed by atoms with Crippen molar-refractivity contribution < 1.29 is 0 Å². The minimum absolute atomic E-state index is 0.228. The highest BCUT2D eigenvalue weighted by Gasteiger charge is 2.23. The number of para-hydroxylation sites is 1. The fraction of sp³-hybridized carbons (Fsp3) is 0.375. The third-order valence-corrected chi connectivity index (χ3v) is 4.40. The van der Waals surface area contributed by atoms with Crippen LogP contribution < -0.4 is 26.8 Å². The molecule has 1 aliphatic rings. The number of nitrogens with zero attached hydrogens (tertiary/aromatic N) is 4. The van der Waals surface area contributed by atoms with Gasteiger partial charge in [0.25, 0.3) is 5.56 Å². The van der Waals surface area contributed by atoms with Crippen LogP contribution in [0, 0.1) is 0 Å². The molecule has 1 fully saturated rings. The van der Waals surface area contributed by atoms with E-state index in [-0.39, 0.29) is 11.4 Å². The fourth-order valence-corrected chi connectivity index (χ4v) is 2.97. The first-order valence-electron chi connectivity index (χ1n) is 7.61. The molecule has 0 spiro atoms. The number of aromatic nitrogens is 2. The molecule has 0 bridgehead atoms. The smallest absolute Gasteiger partial charge is 0.332 e. The molecule has 3 rings (SSSR count). The van der Waals surface area contributed by atoms with Crippen LogP contribution in [0.3, 0.4) is 0 Å². The highest BCUT2D eigenvalue weighted by Crippen LogP contribution is 2.21. The Balaban J connectivity index is 1.87. The molecule has 1 saturated heterocycles. The van der Waals surface area contributed by atoms with Gasteiger partial charge in [0.15, 0.2) is 0 Å². The number of benzene rings is 1. The molecular formula is C16H21N5O2. The molecule has 2 heterocycles. The van der Waals surface area contributed by atoms with Crippen LogP contribution in [0.1, 0.15) is 0 Å². The minimum Gasteiger partial charge on any atom is -0.383 e. The number of anilines is 3. The van der Waals surface area contributed by atoms with Crippen LogP contribution in [0.15, 0.2) is 39.9 Å². The predicted molar refractivity (Wildman–Crippen MR) is 92.2 cm³/mol. The normalized spacial score (nSPS) is 15.0. The first-order valence-corrected chi connectivity index (χ1v) is 7.61. The van der Waals surface area contributed by atoms with E-state index in [1.807, 2.05) is 23.1 Å². The zero-order valence-corrected chi connectivity index (χ0v) is 13.4. The number of rotatable bonds is 2. The third-order valence-electron chi connectivity index (χ3n) is 4.40. The summed E-state index contributed by atoms with van der Waals surface area (Å²) in [5, 5.41) is 0. The first-order chi connectivity index (χ1) is 11.0. The van der Waals surface area contributed by atoms with Gasteiger partial charge in [0.05, 0.1) is 0 Å². The van der Waals surface area contributed by atoms with Gasteiger partial charge in [0, 0.05) is 46.0 Å². The summed E-state index contributed by atoms with van der Waals surface area (Å²) in [5.74, 6) is 0.228. The van der Waals surface area contributed by atoms with Crippen molar-refractivity contribution in [1.29, 1.82) is 0 Å². The maximum Gasteiger partial charge on any atom is 0.332 e. The molecule has 2 aromatic rings. The van der Waals surface area contributed by atoms with Crippen molar-refractivity contribution in [2.24, 2.45) is 14.1 Å². The number of nitrogens with two attached hydrogens (primary N) is 1. The van der Waals surface area contributed by atoms with Crippen LogP contribution in [0.2, 0.25) is 0 Å². The summed E-state index contributed by atoms with van der Waals surface area (Å²) in [6.45, 7) is 2.98. The summed E-state index contributed by atoms with van der Waals surface area (Å²) in [7, 11) is 3.06. The third kappa shape index (κ3) is 2.58. The van der Waals surface area contributed by atoms with E-state index in [0.29, 0.717) is 18.8 Å². The standard InChI is InChI=1S/C16H21N5O2/c1-18-14(17)13(15(22)19(2)16(18)23)21-10-8-20(9-11-21)12-6-4-3-5-7-12/h3-7H,8-11,17H2,1-2H3. The van der Waals surface area contributed by atoms with Crippen molar-refractivity contribution in [1.82, 2.24) is 9.13 Å². The molecule has 7 nitrogen and oxygen atoms in total. The molecule has 1 aromatic carbocycles. The Kier molecular flexibility index (Phi) is 3.85. The zero-order valence-electron chi connectivity index (χ0n) is 13.4. The number of hydrogen-bond acceptors (Lipinski definition) is 5. The van der Waals surface area contributed by atoms with E-state index in [4.69, 9.17) is 5.73 Å². The summed E-state index contributed by atoms with van der Waals surface area (Å²) in [4.78, 5) is 28.6. The summed E-state index contributed by atoms with van der Waals surface area (Å²) >= 11 is 0. The van der Waals surface area contributed by atoms with E-state index in [2.05, 4.69) is 17.0 Å². The van der Waals surface area contributed by atoms with Gasteiger partial charge in [0.1, 0.15) is 11.5 Å². The van der Waals surface area contributed by atoms with Gasteiger partial charge in [-0.15, -0.1) is 0 Å². The molecule has 0 radical (unpaired) electrons. The van der Waals surface area contributed by atoms with E-state index >= 15 is 0 Å². The van der Waals surface area contributed by atoms with E-state index in [0.717, 1.165) is 17.7 Å². The maximum absolute atomic E-state index is 12.4. The Labute approximate surface area is 134 Å². The van der Waals surface area contributed by atoms with Gasteiger partial charge in [-0.05, 0) is 12.1 Å². The fourth-order valence-electron chi connectivity index (χ4n) is 2.97. The second-order valence-electron chi connectivity index (χ2n) is 5.75. The largest absolute Gasteiger partial charge is 0.383 e. The monoisotopic (exact) mass is 315 g/mol. The lowest BCUT2D eigenvalue weighted by atomic mass is 10.2. The lowest BCUT2D eigenvalue weighted by Gasteiger charge is -2.37. The Morgan fingerprint density at radius 3 is 2.04 bits per heavy atom. The van der Waals surface area contributed by atoms with Crippen molar-refractivity contribution >= 4 is 17.2 Å². The van der Waals surface area contributed by atoms with Crippen molar-refractivity contribution in [3.05, 3.63) is 51.2 Å². The molecule has 1 aliphatic heterocycles. The van der Waals surface area contributed by atoms with Crippen LogP contribution in [0.5, 0.6) is 0 Å². The number of piperazine rings is 1. The highest BCUT2D eigenvalue weighted by molar-refractivity contribution is 5.63. The van der Waals surface area contributed by atoms with Gasteiger partial charge in [-0.25, -0.2) is 4.79 Å². The van der Waals surface area contributed by atoms with Crippen LogP contribution in [-0.2, 0) is 14.1 Å². The zero-order chi connectivity index (χ0) is 16.6. The lowest BCUT2D eigenvalue weighted by Crippen LogP contribution is -2.50. The molecule has 0 saturated carbocycles. The Hall–Kier alpha value is -2.70. The predicted octanol–water partition coefficient (Wildman–Crippen LogP) is -0.00720. The van der Waals surface area contributed by atoms with Gasteiger partial charge >= 0.3 is 5.69 Å². The number of nitrogen functional groups attached to an aromatic ring is 1. The van der Waals surface area contributed by atoms with E-state index in [9.17, 15) is 9.59 Å². The van der Waals surface area contributed by atoms with Crippen molar-refractivity contribution in [2.45, 2.75) is 0 Å². The Morgan fingerprint density at radius 2 is 1.43 bits per heavy atom. The molecule has 0 atom stereocenters. The van der Waals surface area contributed by atoms with Crippen LogP contribution in [-0.4, -0.2) is 35.3 Å². The summed E-state index contributed by atoms with van der Waals surface area (Å²) in [5.41, 5.74) is 6.88. The van der Waals surface area contributed by atoms with Gasteiger partial charge in [0.2, 0.25) is 0 Å². The van der Waals surface area contributed by atoms with E-state index < -0.39 is 5.69 Å². The maximum atomic E-state index is 12.4. The minimum atomic E-state index is -0.404. The molecule has 0 aliphatic carbocycles. The van der Waals surface area contributed by atoms with Crippen molar-refractivity contribution in [3.63, 3.8) is 0 Å². The second kappa shape index (κ2) is 5.83. The lowest BCUT2D eigenvalue weighted by molar-refractivity contribution is 0.631. The van der Waals surface area contributed by atoms with Gasteiger partial charge in [-0.1, -0.05) is 18.2 Å². The summed E-state index contributed by atoms with van der Waals surface area (Å²) in [6.07, 6.45) is 0. The average Bonchev–Trinajstić information content (AvgIpc) is 2.60. The van der Waals surface area contributed by atoms with Gasteiger partial charge in [-0.3, -0.25) is 13.9 Å². The quantitative estimate of drug-likeness (QED) is 0.844. The van der Waals surface area contributed by atoms with Gasteiger partial charge in [-0.2, -0.15) is 0 Å². The summed E-state index contributed by atoms with van der Waals surface area (Å²) < 4.78 is 2.43. The Bertz CT molecular complexity index is 817. The molecule has 0 amide bonds. The van der Waals surface area contributed by atoms with Crippen molar-refractivity contribution in [2.75, 3.05) is 41.7 Å². The molecule has 0 unspecified atom stereocenters. The Morgan fingerprint density at radius 1 is 0.870 bits per heavy atom. The average molecular weight is 315 g/mol. The first kappa shape index (κ1) is 15.2. The van der Waals surface area contributed by atoms with Crippen LogP contribution in [0.4, 0.5) is 17.2 Å². The second-order valence-corrected chi connectivity index (χ2v) is 5.75.